The molecular weight excluding hydrogens is 204 g/mol. The molecule has 1 amide bonds. The second-order valence-corrected chi connectivity index (χ2v) is 5.80. The van der Waals surface area contributed by atoms with Gasteiger partial charge in [-0.3, -0.25) is 4.79 Å². The van der Waals surface area contributed by atoms with Gasteiger partial charge in [-0.2, -0.15) is 0 Å². The molecule has 1 rings (SSSR count). The van der Waals surface area contributed by atoms with E-state index in [1.807, 2.05) is 4.90 Å². The van der Waals surface area contributed by atoms with Gasteiger partial charge >= 0.3 is 0 Å². The third-order valence-electron chi connectivity index (χ3n) is 2.86. The highest BCUT2D eigenvalue weighted by atomic mass is 16.5. The van der Waals surface area contributed by atoms with Gasteiger partial charge in [-0.1, -0.05) is 20.8 Å². The molecule has 2 N–H and O–H groups in total. The van der Waals surface area contributed by atoms with Crippen molar-refractivity contribution in [1.29, 1.82) is 0 Å². The summed E-state index contributed by atoms with van der Waals surface area (Å²) in [6, 6.07) is 0.00199. The summed E-state index contributed by atoms with van der Waals surface area (Å²) in [7, 11) is 0. The molecular formula is C12H24N2O2. The van der Waals surface area contributed by atoms with E-state index in [-0.39, 0.29) is 23.5 Å². The van der Waals surface area contributed by atoms with E-state index in [1.165, 1.54) is 0 Å². The molecule has 0 aliphatic carbocycles. The quantitative estimate of drug-likeness (QED) is 0.767. The minimum atomic E-state index is -0.0168. The highest BCUT2D eigenvalue weighted by Crippen LogP contribution is 2.23. The number of carbonyl (C=O) groups excluding carboxylic acids is 1. The van der Waals surface area contributed by atoms with Crippen LogP contribution in [0.15, 0.2) is 0 Å². The average Bonchev–Trinajstić information content (AvgIpc) is 2.15. The standard InChI is InChI=1S/C12H24N2O2/c1-9(15)14-5-6-16-11(8-14)10(13)7-12(2,3)4/h10-11H,5-8,13H2,1-4H3. The van der Waals surface area contributed by atoms with Gasteiger partial charge in [-0.25, -0.2) is 0 Å². The summed E-state index contributed by atoms with van der Waals surface area (Å²) in [5.41, 5.74) is 6.33. The van der Waals surface area contributed by atoms with E-state index < -0.39 is 0 Å². The molecule has 0 radical (unpaired) electrons. The molecule has 16 heavy (non-hydrogen) atoms. The van der Waals surface area contributed by atoms with E-state index in [2.05, 4.69) is 20.8 Å². The normalized spacial score (nSPS) is 24.3. The summed E-state index contributed by atoms with van der Waals surface area (Å²) in [4.78, 5) is 13.1. The molecule has 1 aliphatic rings. The zero-order valence-corrected chi connectivity index (χ0v) is 10.8. The van der Waals surface area contributed by atoms with Gasteiger partial charge in [0, 0.05) is 26.1 Å². The van der Waals surface area contributed by atoms with Crippen LogP contribution in [0.4, 0.5) is 0 Å². The van der Waals surface area contributed by atoms with E-state index >= 15 is 0 Å². The molecule has 1 heterocycles. The van der Waals surface area contributed by atoms with Crippen molar-refractivity contribution in [2.45, 2.75) is 46.3 Å². The van der Waals surface area contributed by atoms with Crippen molar-refractivity contribution < 1.29 is 9.53 Å². The summed E-state index contributed by atoms with van der Waals surface area (Å²) in [6.07, 6.45) is 0.889. The smallest absolute Gasteiger partial charge is 0.219 e. The first-order valence-electron chi connectivity index (χ1n) is 5.92. The number of carbonyl (C=O) groups is 1. The Labute approximate surface area is 98.1 Å². The van der Waals surface area contributed by atoms with Gasteiger partial charge in [-0.15, -0.1) is 0 Å². The predicted octanol–water partition coefficient (Wildman–Crippen LogP) is 0.997. The Balaban J connectivity index is 2.50. The van der Waals surface area contributed by atoms with E-state index in [1.54, 1.807) is 6.92 Å². The first-order chi connectivity index (χ1) is 7.29. The summed E-state index contributed by atoms with van der Waals surface area (Å²) in [5, 5.41) is 0. The summed E-state index contributed by atoms with van der Waals surface area (Å²) in [5.74, 6) is 0.108. The van der Waals surface area contributed by atoms with Gasteiger partial charge in [0.2, 0.25) is 5.91 Å². The highest BCUT2D eigenvalue weighted by molar-refractivity contribution is 5.73. The topological polar surface area (TPSA) is 55.6 Å². The summed E-state index contributed by atoms with van der Waals surface area (Å²) < 4.78 is 5.65. The fourth-order valence-corrected chi connectivity index (χ4v) is 2.06. The Hall–Kier alpha value is -0.610. The lowest BCUT2D eigenvalue weighted by Crippen LogP contribution is -2.52. The Morgan fingerprint density at radius 2 is 2.19 bits per heavy atom. The maximum atomic E-state index is 11.3. The lowest BCUT2D eigenvalue weighted by molar-refractivity contribution is -0.137. The van der Waals surface area contributed by atoms with Crippen LogP contribution in [0.3, 0.4) is 0 Å². The van der Waals surface area contributed by atoms with E-state index in [9.17, 15) is 4.79 Å². The lowest BCUT2D eigenvalue weighted by atomic mass is 9.86. The van der Waals surface area contributed by atoms with Crippen LogP contribution in [0.25, 0.3) is 0 Å². The largest absolute Gasteiger partial charge is 0.373 e. The van der Waals surface area contributed by atoms with E-state index in [4.69, 9.17) is 10.5 Å². The maximum Gasteiger partial charge on any atom is 0.219 e. The molecule has 0 spiro atoms. The van der Waals surface area contributed by atoms with Crippen LogP contribution in [0.2, 0.25) is 0 Å². The fraction of sp³-hybridized carbons (Fsp3) is 0.917. The number of hydrogen-bond acceptors (Lipinski definition) is 3. The molecule has 4 heteroatoms. The van der Waals surface area contributed by atoms with Gasteiger partial charge in [0.1, 0.15) is 0 Å². The summed E-state index contributed by atoms with van der Waals surface area (Å²) in [6.45, 7) is 10.0. The monoisotopic (exact) mass is 228 g/mol. The number of amides is 1. The zero-order valence-electron chi connectivity index (χ0n) is 10.8. The number of morpholine rings is 1. The molecule has 0 aromatic rings. The molecule has 94 valence electrons. The zero-order chi connectivity index (χ0) is 12.3. The molecule has 1 saturated heterocycles. The molecule has 2 atom stereocenters. The van der Waals surface area contributed by atoms with Crippen molar-refractivity contribution >= 4 is 5.91 Å². The number of nitrogens with two attached hydrogens (primary N) is 1. The predicted molar refractivity (Wildman–Crippen MR) is 64.0 cm³/mol. The van der Waals surface area contributed by atoms with Crippen molar-refractivity contribution in [2.24, 2.45) is 11.1 Å². The fourth-order valence-electron chi connectivity index (χ4n) is 2.06. The van der Waals surface area contributed by atoms with Gasteiger partial charge in [0.15, 0.2) is 0 Å². The summed E-state index contributed by atoms with van der Waals surface area (Å²) >= 11 is 0. The van der Waals surface area contributed by atoms with Gasteiger partial charge in [0.05, 0.1) is 12.7 Å². The maximum absolute atomic E-state index is 11.3. The Kier molecular flexibility index (Phi) is 4.33. The molecule has 0 aromatic heterocycles. The van der Waals surface area contributed by atoms with Gasteiger partial charge in [0.25, 0.3) is 0 Å². The Morgan fingerprint density at radius 1 is 1.56 bits per heavy atom. The van der Waals surface area contributed by atoms with Gasteiger partial charge in [-0.05, 0) is 11.8 Å². The van der Waals surface area contributed by atoms with Crippen molar-refractivity contribution in [3.63, 3.8) is 0 Å². The molecule has 1 fully saturated rings. The van der Waals surface area contributed by atoms with E-state index in [0.29, 0.717) is 19.7 Å². The molecule has 4 nitrogen and oxygen atoms in total. The second kappa shape index (κ2) is 5.15. The van der Waals surface area contributed by atoms with Crippen molar-refractivity contribution in [2.75, 3.05) is 19.7 Å². The molecule has 1 aliphatic heterocycles. The lowest BCUT2D eigenvalue weighted by Gasteiger charge is -2.37. The first-order valence-corrected chi connectivity index (χ1v) is 5.92. The number of hydrogen-bond donors (Lipinski definition) is 1. The SMILES string of the molecule is CC(=O)N1CCOC(C(N)CC(C)(C)C)C1. The Bertz CT molecular complexity index is 248. The van der Waals surface area contributed by atoms with Crippen LogP contribution in [0.1, 0.15) is 34.1 Å². The van der Waals surface area contributed by atoms with Crippen molar-refractivity contribution in [3.05, 3.63) is 0 Å². The minimum absolute atomic E-state index is 0.00199. The number of rotatable bonds is 2. The average molecular weight is 228 g/mol. The third-order valence-corrected chi connectivity index (χ3v) is 2.86. The number of nitrogens with zero attached hydrogens (tertiary/aromatic N) is 1. The minimum Gasteiger partial charge on any atom is -0.373 e. The van der Waals surface area contributed by atoms with Crippen LogP contribution < -0.4 is 5.73 Å². The first kappa shape index (κ1) is 13.5. The highest BCUT2D eigenvalue weighted by Gasteiger charge is 2.29. The van der Waals surface area contributed by atoms with Crippen LogP contribution in [-0.2, 0) is 9.53 Å². The van der Waals surface area contributed by atoms with Crippen LogP contribution in [0.5, 0.6) is 0 Å². The van der Waals surface area contributed by atoms with E-state index in [0.717, 1.165) is 6.42 Å². The van der Waals surface area contributed by atoms with Crippen LogP contribution >= 0.6 is 0 Å². The van der Waals surface area contributed by atoms with Crippen LogP contribution in [0, 0.1) is 5.41 Å². The van der Waals surface area contributed by atoms with Crippen molar-refractivity contribution in [3.8, 4) is 0 Å². The van der Waals surface area contributed by atoms with Crippen LogP contribution in [-0.4, -0.2) is 42.6 Å². The molecule has 0 aromatic carbocycles. The number of ether oxygens (including phenoxy) is 1. The molecule has 0 saturated carbocycles. The van der Waals surface area contributed by atoms with Gasteiger partial charge < -0.3 is 15.4 Å². The third kappa shape index (κ3) is 4.10. The van der Waals surface area contributed by atoms with Crippen molar-refractivity contribution in [1.82, 2.24) is 4.90 Å². The molecule has 2 unspecified atom stereocenters. The Morgan fingerprint density at radius 3 is 2.69 bits per heavy atom. The molecule has 0 bridgehead atoms. The second-order valence-electron chi connectivity index (χ2n) is 5.80.